The number of aromatic hydroxyl groups is 1. The highest BCUT2D eigenvalue weighted by Crippen LogP contribution is 2.13. The van der Waals surface area contributed by atoms with Crippen LogP contribution in [0.2, 0.25) is 0 Å². The number of nitrogens with two attached hydrogens (primary N) is 2. The van der Waals surface area contributed by atoms with Crippen molar-refractivity contribution in [2.75, 3.05) is 0 Å². The Hall–Kier alpha value is -4.20. The van der Waals surface area contributed by atoms with Crippen LogP contribution in [0.4, 0.5) is 0 Å². The van der Waals surface area contributed by atoms with Crippen LogP contribution < -0.4 is 27.4 Å². The number of hydrogen-bond acceptors (Lipinski definition) is 8. The maximum Gasteiger partial charge on any atom is 0.326 e. The molecule has 14 heteroatoms. The average Bonchev–Trinajstić information content (AvgIpc) is 2.81. The number of carbonyl (C=O) groups excluding carboxylic acids is 4. The van der Waals surface area contributed by atoms with Crippen LogP contribution in [0.15, 0.2) is 24.3 Å². The highest BCUT2D eigenvalue weighted by molar-refractivity contribution is 5.95. The first-order valence-corrected chi connectivity index (χ1v) is 11.4. The van der Waals surface area contributed by atoms with Gasteiger partial charge in [0.05, 0.1) is 18.9 Å². The van der Waals surface area contributed by atoms with Gasteiger partial charge in [-0.3, -0.25) is 24.0 Å². The molecule has 204 valence electrons. The molecule has 0 spiro atoms. The molecule has 14 nitrogen and oxygen atoms in total. The molecule has 0 heterocycles. The number of benzene rings is 1. The largest absolute Gasteiger partial charge is 0.508 e. The molecule has 0 aromatic heterocycles. The third-order valence-corrected chi connectivity index (χ3v) is 5.55. The second-order valence-electron chi connectivity index (χ2n) is 8.58. The van der Waals surface area contributed by atoms with Crippen LogP contribution >= 0.6 is 0 Å². The van der Waals surface area contributed by atoms with Crippen LogP contribution in [0.1, 0.15) is 38.7 Å². The zero-order chi connectivity index (χ0) is 28.3. The Kier molecular flexibility index (Phi) is 12.0. The van der Waals surface area contributed by atoms with Crippen molar-refractivity contribution < 1.29 is 44.1 Å². The van der Waals surface area contributed by atoms with Gasteiger partial charge in [0.15, 0.2) is 0 Å². The van der Waals surface area contributed by atoms with E-state index in [4.69, 9.17) is 16.6 Å². The van der Waals surface area contributed by atoms with Gasteiger partial charge >= 0.3 is 11.9 Å². The standard InChI is InChI=1S/C23H33N5O9/c1-3-11(2)19(28-20(33)14(24)9-18(31)32)22(35)26-15(8-12-4-6-13(29)7-5-12)21(34)27-16(23(36)37)10-17(25)30/h4-7,11,14-16,19,29H,3,8-10,24H2,1-2H3,(H2,25,30)(H,26,35)(H,27,34)(H,28,33)(H,31,32)(H,36,37). The molecular weight excluding hydrogens is 490 g/mol. The van der Waals surface area contributed by atoms with E-state index in [1.807, 2.05) is 0 Å². The Morgan fingerprint density at radius 3 is 1.92 bits per heavy atom. The normalized spacial score (nSPS) is 14.8. The van der Waals surface area contributed by atoms with Crippen LogP contribution in [0.25, 0.3) is 0 Å². The summed E-state index contributed by atoms with van der Waals surface area (Å²) in [5.41, 5.74) is 11.1. The first kappa shape index (κ1) is 30.8. The highest BCUT2D eigenvalue weighted by atomic mass is 16.4. The maximum atomic E-state index is 13.2. The number of nitrogens with one attached hydrogen (secondary N) is 3. The van der Waals surface area contributed by atoms with E-state index in [1.165, 1.54) is 24.3 Å². The van der Waals surface area contributed by atoms with E-state index in [1.54, 1.807) is 13.8 Å². The molecule has 5 unspecified atom stereocenters. The fourth-order valence-corrected chi connectivity index (χ4v) is 3.26. The SMILES string of the molecule is CCC(C)C(NC(=O)C(N)CC(=O)O)C(=O)NC(Cc1ccc(O)cc1)C(=O)NC(CC(N)=O)C(=O)O. The Morgan fingerprint density at radius 2 is 1.43 bits per heavy atom. The molecule has 0 bridgehead atoms. The summed E-state index contributed by atoms with van der Waals surface area (Å²) in [6, 6.07) is 0.0474. The summed E-state index contributed by atoms with van der Waals surface area (Å²) >= 11 is 0. The fraction of sp³-hybridized carbons (Fsp3) is 0.478. The average molecular weight is 524 g/mol. The van der Waals surface area contributed by atoms with Crippen molar-refractivity contribution >= 4 is 35.6 Å². The van der Waals surface area contributed by atoms with Gasteiger partial charge in [-0.25, -0.2) is 4.79 Å². The minimum atomic E-state index is -1.65. The molecule has 10 N–H and O–H groups in total. The highest BCUT2D eigenvalue weighted by Gasteiger charge is 2.33. The van der Waals surface area contributed by atoms with Crippen molar-refractivity contribution in [3.63, 3.8) is 0 Å². The molecule has 1 aromatic carbocycles. The predicted molar refractivity (Wildman–Crippen MR) is 129 cm³/mol. The van der Waals surface area contributed by atoms with E-state index in [9.17, 15) is 39.0 Å². The van der Waals surface area contributed by atoms with Crippen molar-refractivity contribution in [1.29, 1.82) is 0 Å². The summed E-state index contributed by atoms with van der Waals surface area (Å²) in [7, 11) is 0. The number of carboxylic acids is 2. The Morgan fingerprint density at radius 1 is 0.865 bits per heavy atom. The van der Waals surface area contributed by atoms with E-state index < -0.39 is 78.5 Å². The van der Waals surface area contributed by atoms with Gasteiger partial charge in [0.2, 0.25) is 23.6 Å². The third-order valence-electron chi connectivity index (χ3n) is 5.55. The first-order valence-electron chi connectivity index (χ1n) is 11.4. The first-order chi connectivity index (χ1) is 17.2. The molecule has 0 aliphatic carbocycles. The van der Waals surface area contributed by atoms with E-state index in [2.05, 4.69) is 16.0 Å². The van der Waals surface area contributed by atoms with Gasteiger partial charge in [0, 0.05) is 6.42 Å². The number of amides is 4. The minimum absolute atomic E-state index is 0.0431. The fourth-order valence-electron chi connectivity index (χ4n) is 3.26. The number of rotatable bonds is 15. The molecule has 1 rings (SSSR count). The summed E-state index contributed by atoms with van der Waals surface area (Å²) in [6.45, 7) is 3.39. The van der Waals surface area contributed by atoms with Gasteiger partial charge in [-0.1, -0.05) is 32.4 Å². The zero-order valence-corrected chi connectivity index (χ0v) is 20.5. The van der Waals surface area contributed by atoms with Gasteiger partial charge < -0.3 is 42.7 Å². The van der Waals surface area contributed by atoms with Gasteiger partial charge in [0.1, 0.15) is 23.9 Å². The lowest BCUT2D eigenvalue weighted by Gasteiger charge is -2.28. The molecule has 0 fully saturated rings. The second kappa shape index (κ2) is 14.4. The molecule has 0 aliphatic rings. The van der Waals surface area contributed by atoms with Crippen LogP contribution in [-0.2, 0) is 35.2 Å². The van der Waals surface area contributed by atoms with Crippen LogP contribution in [0, 0.1) is 5.92 Å². The van der Waals surface area contributed by atoms with Gasteiger partial charge in [-0.2, -0.15) is 0 Å². The van der Waals surface area contributed by atoms with Crippen molar-refractivity contribution in [3.8, 4) is 5.75 Å². The van der Waals surface area contributed by atoms with Crippen molar-refractivity contribution in [2.24, 2.45) is 17.4 Å². The van der Waals surface area contributed by atoms with Gasteiger partial charge in [0.25, 0.3) is 0 Å². The topological polar surface area (TPSA) is 251 Å². The molecule has 4 amide bonds. The summed E-state index contributed by atoms with van der Waals surface area (Å²) in [5, 5.41) is 34.8. The van der Waals surface area contributed by atoms with E-state index in [0.29, 0.717) is 12.0 Å². The number of hydrogen-bond donors (Lipinski definition) is 8. The van der Waals surface area contributed by atoms with Crippen LogP contribution in [0.5, 0.6) is 5.75 Å². The molecule has 0 saturated carbocycles. The summed E-state index contributed by atoms with van der Waals surface area (Å²) in [5.74, 6) is -6.91. The molecular formula is C23H33N5O9. The molecule has 5 atom stereocenters. The molecule has 0 radical (unpaired) electrons. The summed E-state index contributed by atoms with van der Waals surface area (Å²) in [6.07, 6.45) is -1.07. The van der Waals surface area contributed by atoms with Crippen LogP contribution in [0.3, 0.4) is 0 Å². The Bertz CT molecular complexity index is 999. The Balaban J connectivity index is 3.20. The van der Waals surface area contributed by atoms with E-state index in [0.717, 1.165) is 0 Å². The van der Waals surface area contributed by atoms with E-state index >= 15 is 0 Å². The Labute approximate surface area is 212 Å². The number of phenols is 1. The quantitative estimate of drug-likeness (QED) is 0.128. The lowest BCUT2D eigenvalue weighted by Crippen LogP contribution is -2.59. The van der Waals surface area contributed by atoms with Gasteiger partial charge in [-0.05, 0) is 23.6 Å². The number of phenolic OH excluding ortho intramolecular Hbond substituents is 1. The molecule has 0 aliphatic heterocycles. The lowest BCUT2D eigenvalue weighted by molar-refractivity contribution is -0.143. The van der Waals surface area contributed by atoms with Crippen molar-refractivity contribution in [2.45, 2.75) is 63.7 Å². The summed E-state index contributed by atoms with van der Waals surface area (Å²) in [4.78, 5) is 72.1. The molecule has 1 aromatic rings. The third kappa shape index (κ3) is 10.5. The van der Waals surface area contributed by atoms with Crippen molar-refractivity contribution in [3.05, 3.63) is 29.8 Å². The minimum Gasteiger partial charge on any atom is -0.508 e. The smallest absolute Gasteiger partial charge is 0.326 e. The number of carbonyl (C=O) groups is 6. The van der Waals surface area contributed by atoms with E-state index in [-0.39, 0.29) is 12.2 Å². The van der Waals surface area contributed by atoms with Crippen LogP contribution in [-0.4, -0.2) is 75.1 Å². The van der Waals surface area contributed by atoms with Crippen molar-refractivity contribution in [1.82, 2.24) is 16.0 Å². The monoisotopic (exact) mass is 523 g/mol. The second-order valence-corrected chi connectivity index (χ2v) is 8.58. The lowest BCUT2D eigenvalue weighted by atomic mass is 9.96. The predicted octanol–water partition coefficient (Wildman–Crippen LogP) is -1.80. The zero-order valence-electron chi connectivity index (χ0n) is 20.5. The molecule has 0 saturated heterocycles. The summed E-state index contributed by atoms with van der Waals surface area (Å²) < 4.78 is 0. The maximum absolute atomic E-state index is 13.2. The van der Waals surface area contributed by atoms with Gasteiger partial charge in [-0.15, -0.1) is 0 Å². The molecule has 37 heavy (non-hydrogen) atoms. The number of primary amides is 1. The number of aliphatic carboxylic acids is 2. The number of carboxylic acid groups (broad SMARTS) is 2.